The first kappa shape index (κ1) is 20.8. The van der Waals surface area contributed by atoms with Crippen LogP contribution in [-0.4, -0.2) is 49.9 Å². The predicted octanol–water partition coefficient (Wildman–Crippen LogP) is 2.98. The van der Waals surface area contributed by atoms with Gasteiger partial charge in [-0.1, -0.05) is 18.2 Å². The van der Waals surface area contributed by atoms with Crippen LogP contribution in [0.1, 0.15) is 43.5 Å². The maximum Gasteiger partial charge on any atom is 0.346 e. The normalized spacial score (nSPS) is 25.8. The van der Waals surface area contributed by atoms with Crippen molar-refractivity contribution in [3.8, 4) is 0 Å². The van der Waals surface area contributed by atoms with Gasteiger partial charge in [-0.15, -0.1) is 0 Å². The van der Waals surface area contributed by atoms with Crippen LogP contribution in [0.5, 0.6) is 0 Å². The molecule has 5 rings (SSSR count). The summed E-state index contributed by atoms with van der Waals surface area (Å²) in [6, 6.07) is 6.58. The van der Waals surface area contributed by atoms with Crippen LogP contribution in [0.4, 0.5) is 13.2 Å². The molecule has 2 aromatic rings. The van der Waals surface area contributed by atoms with Crippen molar-refractivity contribution in [1.29, 1.82) is 0 Å². The number of alkyl halides is 2. The lowest BCUT2D eigenvalue weighted by atomic mass is 9.99. The number of hydrogen-bond acceptors (Lipinski definition) is 4. The molecular weight excluding hydrogens is 409 g/mol. The third kappa shape index (κ3) is 4.17. The van der Waals surface area contributed by atoms with Gasteiger partial charge in [-0.25, -0.2) is 22.6 Å². The first-order valence-electron chi connectivity index (χ1n) is 11.0. The van der Waals surface area contributed by atoms with Crippen LogP contribution in [0, 0.1) is 5.82 Å². The summed E-state index contributed by atoms with van der Waals surface area (Å²) in [5.41, 5.74) is 0.0802. The quantitative estimate of drug-likeness (QED) is 0.670. The van der Waals surface area contributed by atoms with Crippen molar-refractivity contribution in [2.24, 2.45) is 0 Å². The fourth-order valence-corrected chi connectivity index (χ4v) is 5.37. The van der Waals surface area contributed by atoms with Crippen LogP contribution >= 0.6 is 0 Å². The first-order chi connectivity index (χ1) is 14.9. The standard InChI is InChI=1S/C22H27F3N4O2/c23-19-5-2-1-4-15(19)12-31-18-10-16-7-8-17(11-18)28(16)13-22(24,25)14-29-21(30)27-9-3-6-20(27)26-29/h1-2,4-5,16-18H,3,6-14H2. The monoisotopic (exact) mass is 436 g/mol. The summed E-state index contributed by atoms with van der Waals surface area (Å²) in [4.78, 5) is 14.2. The van der Waals surface area contributed by atoms with Gasteiger partial charge in [-0.05, 0) is 38.2 Å². The maximum atomic E-state index is 14.9. The van der Waals surface area contributed by atoms with Gasteiger partial charge in [-0.3, -0.25) is 9.47 Å². The molecule has 0 N–H and O–H groups in total. The van der Waals surface area contributed by atoms with Gasteiger partial charge in [0.2, 0.25) is 0 Å². The van der Waals surface area contributed by atoms with E-state index in [2.05, 4.69) is 5.10 Å². The number of aromatic nitrogens is 3. The van der Waals surface area contributed by atoms with E-state index in [9.17, 15) is 18.0 Å². The Bertz CT molecular complexity index is 991. The molecule has 3 aliphatic heterocycles. The molecular formula is C22H27F3N4O2. The van der Waals surface area contributed by atoms with Gasteiger partial charge in [0.15, 0.2) is 0 Å². The lowest BCUT2D eigenvalue weighted by Gasteiger charge is -2.40. The summed E-state index contributed by atoms with van der Waals surface area (Å²) in [5, 5.41) is 4.11. The van der Waals surface area contributed by atoms with Crippen molar-refractivity contribution in [1.82, 2.24) is 19.2 Å². The number of benzene rings is 1. The molecule has 0 aliphatic carbocycles. The average molecular weight is 436 g/mol. The molecule has 1 aromatic heterocycles. The molecule has 2 bridgehead atoms. The molecule has 168 valence electrons. The van der Waals surface area contributed by atoms with Crippen LogP contribution in [0.3, 0.4) is 0 Å². The SMILES string of the molecule is O=c1n(CC(F)(F)CN2C3CCC2CC(OCc2ccccc2F)C3)nc2n1CCC2. The van der Waals surface area contributed by atoms with E-state index in [1.807, 2.05) is 4.90 Å². The van der Waals surface area contributed by atoms with Crippen LogP contribution in [0.2, 0.25) is 0 Å². The van der Waals surface area contributed by atoms with Crippen molar-refractivity contribution in [3.05, 3.63) is 52.0 Å². The summed E-state index contributed by atoms with van der Waals surface area (Å²) >= 11 is 0. The Morgan fingerprint density at radius 1 is 1.13 bits per heavy atom. The molecule has 31 heavy (non-hydrogen) atoms. The van der Waals surface area contributed by atoms with Crippen molar-refractivity contribution in [2.75, 3.05) is 6.54 Å². The number of rotatable bonds is 7. The molecule has 9 heteroatoms. The number of aryl methyl sites for hydroxylation is 1. The second-order valence-corrected chi connectivity index (χ2v) is 9.02. The van der Waals surface area contributed by atoms with Gasteiger partial charge >= 0.3 is 5.69 Å². The van der Waals surface area contributed by atoms with Gasteiger partial charge in [-0.2, -0.15) is 5.10 Å². The molecule has 2 atom stereocenters. The largest absolute Gasteiger partial charge is 0.373 e. The van der Waals surface area contributed by atoms with Gasteiger partial charge in [0, 0.05) is 30.6 Å². The Hall–Kier alpha value is -2.13. The van der Waals surface area contributed by atoms with Crippen molar-refractivity contribution in [2.45, 2.75) is 82.3 Å². The Labute approximate surface area is 178 Å². The van der Waals surface area contributed by atoms with E-state index in [0.29, 0.717) is 37.2 Å². The average Bonchev–Trinajstić information content (AvgIpc) is 3.35. The molecule has 0 saturated carbocycles. The van der Waals surface area contributed by atoms with E-state index in [4.69, 9.17) is 4.74 Å². The zero-order valence-corrected chi connectivity index (χ0v) is 17.4. The highest BCUT2D eigenvalue weighted by atomic mass is 19.3. The number of hydrogen-bond donors (Lipinski definition) is 0. The topological polar surface area (TPSA) is 52.3 Å². The van der Waals surface area contributed by atoms with Crippen LogP contribution in [0.15, 0.2) is 29.1 Å². The fourth-order valence-electron chi connectivity index (χ4n) is 5.37. The van der Waals surface area contributed by atoms with Gasteiger partial charge < -0.3 is 4.74 Å². The Morgan fingerprint density at radius 3 is 2.58 bits per heavy atom. The third-order valence-electron chi connectivity index (χ3n) is 6.85. The lowest BCUT2D eigenvalue weighted by Crippen LogP contribution is -2.51. The summed E-state index contributed by atoms with van der Waals surface area (Å²) in [5.74, 6) is -2.72. The van der Waals surface area contributed by atoms with E-state index in [1.165, 1.54) is 10.6 Å². The number of halogens is 3. The highest BCUT2D eigenvalue weighted by Crippen LogP contribution is 2.39. The lowest BCUT2D eigenvalue weighted by molar-refractivity contribution is -0.0883. The van der Waals surface area contributed by atoms with Gasteiger partial charge in [0.05, 0.1) is 19.3 Å². The van der Waals surface area contributed by atoms with E-state index in [-0.39, 0.29) is 37.2 Å². The van der Waals surface area contributed by atoms with Crippen molar-refractivity contribution < 1.29 is 17.9 Å². The van der Waals surface area contributed by atoms with E-state index in [0.717, 1.165) is 23.9 Å². The predicted molar refractivity (Wildman–Crippen MR) is 107 cm³/mol. The molecule has 2 unspecified atom stereocenters. The molecule has 2 fully saturated rings. The number of fused-ring (bicyclic) bond motifs is 3. The molecule has 0 amide bonds. The molecule has 2 saturated heterocycles. The van der Waals surface area contributed by atoms with E-state index in [1.54, 1.807) is 18.2 Å². The Kier molecular flexibility index (Phi) is 5.42. The molecule has 6 nitrogen and oxygen atoms in total. The van der Waals surface area contributed by atoms with Gasteiger partial charge in [0.1, 0.15) is 18.2 Å². The smallest absolute Gasteiger partial charge is 0.346 e. The molecule has 4 heterocycles. The first-order valence-corrected chi connectivity index (χ1v) is 11.0. The zero-order valence-electron chi connectivity index (χ0n) is 17.4. The minimum absolute atomic E-state index is 0.0268. The van der Waals surface area contributed by atoms with E-state index < -0.39 is 18.2 Å². The molecule has 3 aliphatic rings. The summed E-state index contributed by atoms with van der Waals surface area (Å²) in [6.07, 6.45) is 4.50. The summed E-state index contributed by atoms with van der Waals surface area (Å²) in [6.45, 7) is -0.308. The minimum atomic E-state index is -3.04. The second kappa shape index (κ2) is 8.09. The summed E-state index contributed by atoms with van der Waals surface area (Å²) in [7, 11) is 0. The second-order valence-electron chi connectivity index (χ2n) is 9.02. The van der Waals surface area contributed by atoms with Crippen LogP contribution in [-0.2, 0) is 30.9 Å². The van der Waals surface area contributed by atoms with Crippen LogP contribution in [0.25, 0.3) is 0 Å². The Morgan fingerprint density at radius 2 is 1.87 bits per heavy atom. The number of nitrogens with zero attached hydrogens (tertiary/aromatic N) is 4. The van der Waals surface area contributed by atoms with Crippen molar-refractivity contribution in [3.63, 3.8) is 0 Å². The number of piperidine rings is 1. The van der Waals surface area contributed by atoms with Crippen molar-refractivity contribution >= 4 is 0 Å². The fraction of sp³-hybridized carbons (Fsp3) is 0.636. The summed E-state index contributed by atoms with van der Waals surface area (Å²) < 4.78 is 52.0. The molecule has 0 spiro atoms. The minimum Gasteiger partial charge on any atom is -0.373 e. The van der Waals surface area contributed by atoms with Crippen LogP contribution < -0.4 is 5.69 Å². The zero-order chi connectivity index (χ0) is 21.6. The third-order valence-corrected chi connectivity index (χ3v) is 6.85. The molecule has 0 radical (unpaired) electrons. The molecule has 1 aromatic carbocycles. The highest BCUT2D eigenvalue weighted by molar-refractivity contribution is 5.16. The van der Waals surface area contributed by atoms with Gasteiger partial charge in [0.25, 0.3) is 5.92 Å². The Balaban J connectivity index is 1.19. The maximum absolute atomic E-state index is 14.9. The number of ether oxygens (including phenoxy) is 1. The highest BCUT2D eigenvalue weighted by Gasteiger charge is 2.46. The van der Waals surface area contributed by atoms with E-state index >= 15 is 0 Å².